The van der Waals surface area contributed by atoms with Crippen LogP contribution >= 0.6 is 11.6 Å². The number of methoxy groups -OCH3 is 1. The normalized spacial score (nSPS) is 16.0. The first-order valence-electron chi connectivity index (χ1n) is 6.07. The molecule has 0 saturated heterocycles. The van der Waals surface area contributed by atoms with Gasteiger partial charge in [-0.25, -0.2) is 0 Å². The Kier molecular flexibility index (Phi) is 3.52. The number of fused-ring (bicyclic) bond motifs is 2. The molecule has 2 aromatic rings. The van der Waals surface area contributed by atoms with Crippen molar-refractivity contribution in [2.75, 3.05) is 7.11 Å². The fraction of sp³-hybridized carbons (Fsp3) is 0.143. The van der Waals surface area contributed by atoms with Crippen molar-refractivity contribution in [2.24, 2.45) is 0 Å². The van der Waals surface area contributed by atoms with E-state index in [2.05, 4.69) is 0 Å². The number of ether oxygens (including phenoxy) is 1. The lowest BCUT2D eigenvalue weighted by atomic mass is 10.0. The van der Waals surface area contributed by atoms with Gasteiger partial charge in [0.1, 0.15) is 5.75 Å². The first kappa shape index (κ1) is 14.2. The zero-order valence-corrected chi connectivity index (χ0v) is 12.5. The Bertz CT molecular complexity index is 750. The van der Waals surface area contributed by atoms with Gasteiger partial charge in [-0.15, -0.1) is 0 Å². The van der Waals surface area contributed by atoms with E-state index >= 15 is 0 Å². The molecular weight excluding hydrogens is 314 g/mol. The van der Waals surface area contributed by atoms with E-state index in [0.29, 0.717) is 27.7 Å². The van der Waals surface area contributed by atoms with Crippen molar-refractivity contribution in [3.05, 3.63) is 56.6 Å². The Morgan fingerprint density at radius 3 is 2.76 bits per heavy atom. The molecule has 1 aliphatic rings. The van der Waals surface area contributed by atoms with Crippen LogP contribution in [0.15, 0.2) is 40.1 Å². The zero-order valence-electron chi connectivity index (χ0n) is 11.0. The Morgan fingerprint density at radius 2 is 2.10 bits per heavy atom. The van der Waals surface area contributed by atoms with Crippen molar-refractivity contribution >= 4 is 28.5 Å². The number of nitrogens with zero attached hydrogens (tertiary/aromatic N) is 1. The summed E-state index contributed by atoms with van der Waals surface area (Å²) in [5.41, 5.74) is 1.20. The molecule has 7 heteroatoms. The van der Waals surface area contributed by atoms with Crippen LogP contribution in [-0.4, -0.2) is 16.6 Å². The van der Waals surface area contributed by atoms with Gasteiger partial charge in [0.15, 0.2) is 4.90 Å². The minimum Gasteiger partial charge on any atom is -0.606 e. The van der Waals surface area contributed by atoms with Gasteiger partial charge in [0.05, 0.1) is 12.0 Å². The van der Waals surface area contributed by atoms with Gasteiger partial charge in [-0.3, -0.25) is 10.1 Å². The first-order valence-corrected chi connectivity index (χ1v) is 7.60. The van der Waals surface area contributed by atoms with Crippen molar-refractivity contribution in [1.29, 1.82) is 0 Å². The molecule has 2 aromatic carbocycles. The summed E-state index contributed by atoms with van der Waals surface area (Å²) in [5.74, 6) is 0.649. The second-order valence-corrected chi connectivity index (χ2v) is 6.34. The summed E-state index contributed by atoms with van der Waals surface area (Å²) in [4.78, 5) is 11.4. The molecule has 0 aromatic heterocycles. The maximum absolute atomic E-state index is 12.7. The lowest BCUT2D eigenvalue weighted by Crippen LogP contribution is -2.17. The Hall–Kier alpha value is -1.76. The Morgan fingerprint density at radius 1 is 1.33 bits per heavy atom. The van der Waals surface area contributed by atoms with Crippen molar-refractivity contribution in [3.8, 4) is 5.75 Å². The molecule has 0 aliphatic carbocycles. The fourth-order valence-corrected chi connectivity index (χ4v) is 4.21. The smallest absolute Gasteiger partial charge is 0.324 e. The highest BCUT2D eigenvalue weighted by Gasteiger charge is 2.37. The van der Waals surface area contributed by atoms with E-state index in [-0.39, 0.29) is 10.6 Å². The summed E-state index contributed by atoms with van der Waals surface area (Å²) in [7, 11) is 1.55. The average molecular weight is 324 g/mol. The molecule has 3 rings (SSSR count). The molecule has 1 heterocycles. The van der Waals surface area contributed by atoms with Crippen LogP contribution < -0.4 is 4.74 Å². The standard InChI is InChI=1S/C14H10ClNO4S/c1-20-9-2-5-13-8(6-9)7-10-11(15)3-4-12(16(17)18)14(10)21(13)19/h2-6H,7H2,1H3. The van der Waals surface area contributed by atoms with E-state index < -0.39 is 16.1 Å². The van der Waals surface area contributed by atoms with E-state index in [1.807, 2.05) is 0 Å². The molecule has 21 heavy (non-hydrogen) atoms. The SMILES string of the molecule is COc1ccc2c(c1)Cc1c(Cl)ccc([N+](=O)[O-])c1[S+]2[O-]. The van der Waals surface area contributed by atoms with Crippen molar-refractivity contribution in [1.82, 2.24) is 0 Å². The molecule has 0 N–H and O–H groups in total. The first-order chi connectivity index (χ1) is 10.0. The van der Waals surface area contributed by atoms with Gasteiger partial charge in [0.25, 0.3) is 0 Å². The highest BCUT2D eigenvalue weighted by molar-refractivity contribution is 7.91. The van der Waals surface area contributed by atoms with Crippen LogP contribution in [0.5, 0.6) is 5.75 Å². The van der Waals surface area contributed by atoms with Gasteiger partial charge in [-0.1, -0.05) is 11.6 Å². The second-order valence-electron chi connectivity index (χ2n) is 4.55. The number of rotatable bonds is 2. The minimum atomic E-state index is -1.62. The fourth-order valence-electron chi connectivity index (χ4n) is 2.41. The molecule has 0 amide bonds. The summed E-state index contributed by atoms with van der Waals surface area (Å²) >= 11 is 4.51. The van der Waals surface area contributed by atoms with Crippen molar-refractivity contribution in [2.45, 2.75) is 16.2 Å². The number of hydrogen-bond donors (Lipinski definition) is 0. The van der Waals surface area contributed by atoms with E-state index in [9.17, 15) is 14.7 Å². The van der Waals surface area contributed by atoms with Gasteiger partial charge < -0.3 is 9.29 Å². The van der Waals surface area contributed by atoms with Crippen molar-refractivity contribution < 1.29 is 14.2 Å². The minimum absolute atomic E-state index is 0.158. The molecule has 0 bridgehead atoms. The van der Waals surface area contributed by atoms with Crippen LogP contribution in [0.25, 0.3) is 0 Å². The molecule has 0 spiro atoms. The molecule has 0 saturated carbocycles. The van der Waals surface area contributed by atoms with Crippen LogP contribution in [0.1, 0.15) is 11.1 Å². The van der Waals surface area contributed by atoms with E-state index in [1.165, 1.54) is 12.1 Å². The predicted octanol–water partition coefficient (Wildman–Crippen LogP) is 3.33. The highest BCUT2D eigenvalue weighted by Crippen LogP contribution is 2.43. The monoisotopic (exact) mass is 323 g/mol. The largest absolute Gasteiger partial charge is 0.606 e. The number of nitro groups is 1. The maximum Gasteiger partial charge on any atom is 0.324 e. The zero-order chi connectivity index (χ0) is 15.1. The summed E-state index contributed by atoms with van der Waals surface area (Å²) in [6, 6.07) is 7.93. The van der Waals surface area contributed by atoms with Gasteiger partial charge >= 0.3 is 5.69 Å². The Labute approximate surface area is 128 Å². The molecule has 1 unspecified atom stereocenters. The maximum atomic E-state index is 12.7. The summed E-state index contributed by atoms with van der Waals surface area (Å²) in [6.07, 6.45) is 0.397. The van der Waals surface area contributed by atoms with Gasteiger partial charge in [0.2, 0.25) is 4.90 Å². The second kappa shape index (κ2) is 5.22. The van der Waals surface area contributed by atoms with Crippen LogP contribution in [0.4, 0.5) is 5.69 Å². The van der Waals surface area contributed by atoms with Crippen molar-refractivity contribution in [3.63, 3.8) is 0 Å². The molecule has 1 aliphatic heterocycles. The van der Waals surface area contributed by atoms with Crippen LogP contribution in [0.2, 0.25) is 5.02 Å². The van der Waals surface area contributed by atoms with Crippen LogP contribution in [0.3, 0.4) is 0 Å². The third kappa shape index (κ3) is 2.25. The van der Waals surface area contributed by atoms with Gasteiger partial charge in [0, 0.05) is 39.8 Å². The number of hydrogen-bond acceptors (Lipinski definition) is 4. The lowest BCUT2D eigenvalue weighted by molar-refractivity contribution is -0.387. The number of benzene rings is 2. The predicted molar refractivity (Wildman–Crippen MR) is 78.6 cm³/mol. The third-order valence-corrected chi connectivity index (χ3v) is 5.38. The summed E-state index contributed by atoms with van der Waals surface area (Å²) in [5, 5.41) is 11.5. The Balaban J connectivity index is 2.22. The molecule has 0 radical (unpaired) electrons. The average Bonchev–Trinajstić information content (AvgIpc) is 2.47. The molecule has 108 valence electrons. The van der Waals surface area contributed by atoms with E-state index in [4.69, 9.17) is 16.3 Å². The summed E-state index contributed by atoms with van der Waals surface area (Å²) in [6.45, 7) is 0. The van der Waals surface area contributed by atoms with E-state index in [0.717, 1.165) is 5.56 Å². The van der Waals surface area contributed by atoms with Gasteiger partial charge in [-0.2, -0.15) is 0 Å². The quantitative estimate of drug-likeness (QED) is 0.482. The highest BCUT2D eigenvalue weighted by atomic mass is 35.5. The van der Waals surface area contributed by atoms with E-state index in [1.54, 1.807) is 25.3 Å². The number of halogens is 1. The van der Waals surface area contributed by atoms with Crippen LogP contribution in [-0.2, 0) is 17.6 Å². The topological polar surface area (TPSA) is 75.4 Å². The summed E-state index contributed by atoms with van der Waals surface area (Å²) < 4.78 is 17.8. The van der Waals surface area contributed by atoms with Crippen LogP contribution in [0, 0.1) is 10.1 Å². The van der Waals surface area contributed by atoms with Gasteiger partial charge in [-0.05, 0) is 24.3 Å². The molecule has 5 nitrogen and oxygen atoms in total. The molecular formula is C14H10ClNO4S. The molecule has 0 fully saturated rings. The third-order valence-electron chi connectivity index (χ3n) is 3.40. The molecule has 1 atom stereocenters. The number of nitro benzene ring substituents is 1. The lowest BCUT2D eigenvalue weighted by Gasteiger charge is -2.22.